The van der Waals surface area contributed by atoms with Crippen LogP contribution in [0, 0.1) is 0 Å². The maximum Gasteiger partial charge on any atom is 0.283 e. The average Bonchev–Trinajstić information content (AvgIpc) is 3.40. The number of benzene rings is 2. The molecule has 0 saturated heterocycles. The van der Waals surface area contributed by atoms with E-state index >= 15 is 0 Å². The summed E-state index contributed by atoms with van der Waals surface area (Å²) in [7, 11) is 3.19. The topological polar surface area (TPSA) is 104 Å². The van der Waals surface area contributed by atoms with Crippen molar-refractivity contribution in [3.05, 3.63) is 74.5 Å². The minimum atomic E-state index is -0.394. The maximum atomic E-state index is 12.7. The lowest BCUT2D eigenvalue weighted by Crippen LogP contribution is -2.16. The molecule has 0 bridgehead atoms. The Hall–Kier alpha value is -3.98. The zero-order valence-electron chi connectivity index (χ0n) is 17.4. The number of methoxy groups -OCH3 is 2. The summed E-state index contributed by atoms with van der Waals surface area (Å²) in [4.78, 5) is 21.8. The normalized spacial score (nSPS) is 13.6. The highest BCUT2D eigenvalue weighted by Crippen LogP contribution is 2.33. The van der Waals surface area contributed by atoms with Gasteiger partial charge in [0.25, 0.3) is 5.56 Å². The van der Waals surface area contributed by atoms with Crippen LogP contribution in [0.15, 0.2) is 52.3 Å². The average molecular weight is 446 g/mol. The first-order valence-electron chi connectivity index (χ1n) is 9.81. The molecule has 0 radical (unpaired) electrons. The fourth-order valence-electron chi connectivity index (χ4n) is 3.60. The molecule has 0 unspecified atom stereocenters. The van der Waals surface area contributed by atoms with Gasteiger partial charge in [0, 0.05) is 23.8 Å². The predicted molar refractivity (Wildman–Crippen MR) is 126 cm³/mol. The van der Waals surface area contributed by atoms with Crippen LogP contribution >= 0.6 is 11.3 Å². The van der Waals surface area contributed by atoms with E-state index in [2.05, 4.69) is 15.1 Å². The fourth-order valence-corrected chi connectivity index (χ4v) is 4.53. The van der Waals surface area contributed by atoms with Gasteiger partial charge in [0.2, 0.25) is 4.96 Å². The first-order chi connectivity index (χ1) is 15.6. The second-order valence-electron chi connectivity index (χ2n) is 7.15. The summed E-state index contributed by atoms with van der Waals surface area (Å²) >= 11 is 1.33. The zero-order valence-corrected chi connectivity index (χ0v) is 18.2. The van der Waals surface area contributed by atoms with E-state index < -0.39 is 5.56 Å². The van der Waals surface area contributed by atoms with Crippen molar-refractivity contribution >= 4 is 45.7 Å². The first kappa shape index (κ1) is 20.0. The predicted octanol–water partition coefficient (Wildman–Crippen LogP) is 3.60. The summed E-state index contributed by atoms with van der Waals surface area (Å²) in [6.07, 6.45) is 3.99. The Morgan fingerprint density at radius 2 is 1.94 bits per heavy atom. The molecule has 0 aliphatic carbocycles. The lowest BCUT2D eigenvalue weighted by molar-refractivity contribution is 0.354. The molecular weight excluding hydrogens is 426 g/mol. The quantitative estimate of drug-likeness (QED) is 0.503. The molecule has 0 fully saturated rings. The van der Waals surface area contributed by atoms with E-state index in [1.54, 1.807) is 26.5 Å². The van der Waals surface area contributed by atoms with E-state index in [0.29, 0.717) is 28.4 Å². The van der Waals surface area contributed by atoms with Crippen molar-refractivity contribution in [2.45, 2.75) is 6.42 Å². The molecule has 0 saturated carbocycles. The molecule has 2 aromatic heterocycles. The van der Waals surface area contributed by atoms with Crippen molar-refractivity contribution in [1.29, 1.82) is 0 Å². The smallest absolute Gasteiger partial charge is 0.283 e. The molecule has 1 aliphatic rings. The van der Waals surface area contributed by atoms with Gasteiger partial charge in [0.05, 0.1) is 25.5 Å². The number of hydrogen-bond donors (Lipinski definition) is 1. The Morgan fingerprint density at radius 3 is 2.75 bits per heavy atom. The molecule has 5 rings (SSSR count). The number of fused-ring (bicyclic) bond motifs is 2. The number of aromatic nitrogens is 3. The number of nitrogens with two attached hydrogens (primary N) is 1. The van der Waals surface area contributed by atoms with Gasteiger partial charge in [-0.1, -0.05) is 35.6 Å². The maximum absolute atomic E-state index is 12.7. The van der Waals surface area contributed by atoms with E-state index in [1.165, 1.54) is 15.9 Å². The van der Waals surface area contributed by atoms with Gasteiger partial charge in [-0.3, -0.25) is 9.79 Å². The van der Waals surface area contributed by atoms with E-state index in [0.717, 1.165) is 27.4 Å². The number of ether oxygens (including phenoxy) is 2. The molecular formula is C23H19N5O3S. The molecule has 9 heteroatoms. The Bertz CT molecular complexity index is 1470. The SMILES string of the molecule is COc1ccc(Cc2nn3c(N)c(/C=C4\C=Nc5ccccc54)c(=O)nc3s2)cc1OC. The summed E-state index contributed by atoms with van der Waals surface area (Å²) in [6.45, 7) is 0. The molecule has 0 spiro atoms. The molecule has 4 aromatic rings. The molecule has 3 heterocycles. The highest BCUT2D eigenvalue weighted by molar-refractivity contribution is 7.16. The third kappa shape index (κ3) is 3.42. The minimum Gasteiger partial charge on any atom is -0.493 e. The van der Waals surface area contributed by atoms with Gasteiger partial charge in [-0.25, -0.2) is 0 Å². The van der Waals surface area contributed by atoms with Crippen molar-refractivity contribution in [1.82, 2.24) is 14.6 Å². The van der Waals surface area contributed by atoms with Crippen LogP contribution < -0.4 is 20.8 Å². The van der Waals surface area contributed by atoms with E-state index in [-0.39, 0.29) is 5.82 Å². The van der Waals surface area contributed by atoms with Gasteiger partial charge >= 0.3 is 0 Å². The summed E-state index contributed by atoms with van der Waals surface area (Å²) in [5.41, 5.74) is 9.86. The monoisotopic (exact) mass is 445 g/mol. The third-order valence-electron chi connectivity index (χ3n) is 5.19. The highest BCUT2D eigenvalue weighted by Gasteiger charge is 2.17. The number of nitrogens with zero attached hydrogens (tertiary/aromatic N) is 4. The number of anilines is 1. The Labute approximate surface area is 187 Å². The van der Waals surface area contributed by atoms with Gasteiger partial charge < -0.3 is 15.2 Å². The summed E-state index contributed by atoms with van der Waals surface area (Å²) < 4.78 is 12.2. The van der Waals surface area contributed by atoms with Crippen molar-refractivity contribution in [3.63, 3.8) is 0 Å². The van der Waals surface area contributed by atoms with Crippen molar-refractivity contribution < 1.29 is 9.47 Å². The van der Waals surface area contributed by atoms with Crippen LogP contribution in [0.25, 0.3) is 16.6 Å². The molecule has 32 heavy (non-hydrogen) atoms. The van der Waals surface area contributed by atoms with Crippen LogP contribution in [0.2, 0.25) is 0 Å². The van der Waals surface area contributed by atoms with Crippen LogP contribution in [-0.4, -0.2) is 35.0 Å². The Balaban J connectivity index is 1.52. The van der Waals surface area contributed by atoms with Gasteiger partial charge in [-0.2, -0.15) is 14.6 Å². The van der Waals surface area contributed by atoms with E-state index in [4.69, 9.17) is 15.2 Å². The number of nitrogen functional groups attached to an aromatic ring is 1. The van der Waals surface area contributed by atoms with Crippen molar-refractivity contribution in [3.8, 4) is 11.5 Å². The molecule has 1 aliphatic heterocycles. The zero-order chi connectivity index (χ0) is 22.2. The second-order valence-corrected chi connectivity index (χ2v) is 8.19. The van der Waals surface area contributed by atoms with Crippen LogP contribution in [-0.2, 0) is 6.42 Å². The van der Waals surface area contributed by atoms with Crippen LogP contribution in [0.4, 0.5) is 11.5 Å². The molecule has 2 N–H and O–H groups in total. The number of hydrogen-bond acceptors (Lipinski definition) is 8. The van der Waals surface area contributed by atoms with Gasteiger partial charge in [0.15, 0.2) is 11.5 Å². The van der Waals surface area contributed by atoms with Crippen LogP contribution in [0.1, 0.15) is 21.7 Å². The molecule has 8 nitrogen and oxygen atoms in total. The molecule has 0 amide bonds. The lowest BCUT2D eigenvalue weighted by atomic mass is 10.1. The Morgan fingerprint density at radius 1 is 1.12 bits per heavy atom. The largest absolute Gasteiger partial charge is 0.493 e. The molecule has 160 valence electrons. The van der Waals surface area contributed by atoms with E-state index in [1.807, 2.05) is 42.5 Å². The van der Waals surface area contributed by atoms with Gasteiger partial charge in [0.1, 0.15) is 10.8 Å². The van der Waals surface area contributed by atoms with Crippen molar-refractivity contribution in [2.24, 2.45) is 4.99 Å². The summed E-state index contributed by atoms with van der Waals surface area (Å²) in [5.74, 6) is 1.55. The highest BCUT2D eigenvalue weighted by atomic mass is 32.1. The van der Waals surface area contributed by atoms with Gasteiger partial charge in [-0.15, -0.1) is 0 Å². The first-order valence-corrected chi connectivity index (χ1v) is 10.6. The number of allylic oxidation sites excluding steroid dienone is 1. The number of rotatable bonds is 5. The van der Waals surface area contributed by atoms with Crippen molar-refractivity contribution in [2.75, 3.05) is 20.0 Å². The molecule has 0 atom stereocenters. The molecule has 2 aromatic carbocycles. The second kappa shape index (κ2) is 7.93. The summed E-state index contributed by atoms with van der Waals surface area (Å²) in [5, 5.41) is 5.37. The van der Waals surface area contributed by atoms with Crippen LogP contribution in [0.5, 0.6) is 11.5 Å². The van der Waals surface area contributed by atoms with Gasteiger partial charge in [-0.05, 0) is 29.8 Å². The number of aliphatic imine (C=N–C) groups is 1. The lowest BCUT2D eigenvalue weighted by Gasteiger charge is -2.08. The third-order valence-corrected chi connectivity index (χ3v) is 6.10. The minimum absolute atomic E-state index is 0.250. The number of para-hydroxylation sites is 1. The fraction of sp³-hybridized carbons (Fsp3) is 0.130. The van der Waals surface area contributed by atoms with E-state index in [9.17, 15) is 4.79 Å². The van der Waals surface area contributed by atoms with Crippen LogP contribution in [0.3, 0.4) is 0 Å². The Kier molecular flexibility index (Phi) is 4.95. The summed E-state index contributed by atoms with van der Waals surface area (Å²) in [6, 6.07) is 13.4. The standard InChI is InChI=1S/C23H19N5O3S/c1-30-18-8-7-13(9-19(18)31-2)10-20-27-28-21(24)16(22(29)26-23(28)32-20)11-14-12-25-17-6-4-3-5-15(14)17/h3-9,11-12H,10,24H2,1-2H3/b14-11+.